The van der Waals surface area contributed by atoms with E-state index in [2.05, 4.69) is 17.0 Å². The number of nitrogens with one attached hydrogen (secondary N) is 1. The molecule has 0 aliphatic carbocycles. The van der Waals surface area contributed by atoms with Gasteiger partial charge in [-0.2, -0.15) is 5.10 Å². The SMILES string of the molecule is C=CCN1C(=O)C(=Cc2c(-c3ccccc3)nn(C)c2Cl)C(=O)NC1=S. The first-order valence-electron chi connectivity index (χ1n) is 7.71. The molecule has 1 aromatic carbocycles. The standard InChI is InChI=1S/C18H15ClN4O2S/c1-3-9-23-17(25)13(16(24)20-18(23)26)10-12-14(21-22(2)15(12)19)11-7-5-4-6-8-11/h3-8,10H,1,9H2,2H3,(H,20,24,26). The van der Waals surface area contributed by atoms with E-state index in [-0.39, 0.29) is 17.2 Å². The van der Waals surface area contributed by atoms with Crippen LogP contribution in [0, 0.1) is 0 Å². The fraction of sp³-hybridized carbons (Fsp3) is 0.111. The summed E-state index contributed by atoms with van der Waals surface area (Å²) in [4.78, 5) is 26.3. The highest BCUT2D eigenvalue weighted by Gasteiger charge is 2.33. The molecule has 0 bridgehead atoms. The van der Waals surface area contributed by atoms with Gasteiger partial charge < -0.3 is 0 Å². The number of aromatic nitrogens is 2. The lowest BCUT2D eigenvalue weighted by Crippen LogP contribution is -2.53. The Morgan fingerprint density at radius 3 is 2.65 bits per heavy atom. The van der Waals surface area contributed by atoms with E-state index < -0.39 is 11.8 Å². The van der Waals surface area contributed by atoms with Gasteiger partial charge in [0.25, 0.3) is 11.8 Å². The third kappa shape index (κ3) is 3.18. The van der Waals surface area contributed by atoms with Crippen molar-refractivity contribution in [2.24, 2.45) is 7.05 Å². The Morgan fingerprint density at radius 2 is 2.00 bits per heavy atom. The molecule has 1 N–H and O–H groups in total. The number of aryl methyl sites for hydroxylation is 1. The normalized spacial score (nSPS) is 16.2. The van der Waals surface area contributed by atoms with Gasteiger partial charge in [0.05, 0.1) is 0 Å². The molecule has 26 heavy (non-hydrogen) atoms. The number of hydrogen-bond acceptors (Lipinski definition) is 4. The summed E-state index contributed by atoms with van der Waals surface area (Å²) in [6.45, 7) is 3.80. The smallest absolute Gasteiger partial charge is 0.265 e. The van der Waals surface area contributed by atoms with Gasteiger partial charge in [-0.15, -0.1) is 6.58 Å². The molecule has 2 amide bonds. The number of amides is 2. The van der Waals surface area contributed by atoms with E-state index in [1.165, 1.54) is 21.7 Å². The molecule has 0 saturated carbocycles. The average molecular weight is 387 g/mol. The number of benzene rings is 1. The van der Waals surface area contributed by atoms with Crippen molar-refractivity contribution in [3.05, 3.63) is 59.3 Å². The maximum absolute atomic E-state index is 12.7. The molecule has 1 aromatic heterocycles. The maximum Gasteiger partial charge on any atom is 0.265 e. The molecule has 2 aromatic rings. The largest absolute Gasteiger partial charge is 0.298 e. The van der Waals surface area contributed by atoms with Gasteiger partial charge in [-0.25, -0.2) is 0 Å². The predicted octanol–water partition coefficient (Wildman–Crippen LogP) is 2.55. The summed E-state index contributed by atoms with van der Waals surface area (Å²) < 4.78 is 1.49. The van der Waals surface area contributed by atoms with Gasteiger partial charge in [0.1, 0.15) is 16.4 Å². The zero-order valence-corrected chi connectivity index (χ0v) is 15.5. The van der Waals surface area contributed by atoms with E-state index in [1.807, 2.05) is 30.3 Å². The van der Waals surface area contributed by atoms with Crippen molar-refractivity contribution in [2.45, 2.75) is 0 Å². The summed E-state index contributed by atoms with van der Waals surface area (Å²) in [6.07, 6.45) is 2.99. The third-order valence-electron chi connectivity index (χ3n) is 3.84. The molecule has 3 rings (SSSR count). The molecule has 6 nitrogen and oxygen atoms in total. The van der Waals surface area contributed by atoms with Crippen LogP contribution in [-0.4, -0.2) is 38.2 Å². The topological polar surface area (TPSA) is 67.2 Å². The van der Waals surface area contributed by atoms with E-state index in [1.54, 1.807) is 7.05 Å². The summed E-state index contributed by atoms with van der Waals surface area (Å²) in [5.41, 5.74) is 1.83. The van der Waals surface area contributed by atoms with Gasteiger partial charge in [-0.3, -0.25) is 24.5 Å². The fourth-order valence-corrected chi connectivity index (χ4v) is 3.02. The molecule has 0 unspecified atom stereocenters. The number of carbonyl (C=O) groups excluding carboxylic acids is 2. The first-order chi connectivity index (χ1) is 12.4. The van der Waals surface area contributed by atoms with Crippen molar-refractivity contribution in [1.29, 1.82) is 0 Å². The highest BCUT2D eigenvalue weighted by Crippen LogP contribution is 2.31. The van der Waals surface area contributed by atoms with Gasteiger partial charge >= 0.3 is 0 Å². The molecule has 132 valence electrons. The van der Waals surface area contributed by atoms with Crippen molar-refractivity contribution < 1.29 is 9.59 Å². The Morgan fingerprint density at radius 1 is 1.31 bits per heavy atom. The maximum atomic E-state index is 12.7. The summed E-state index contributed by atoms with van der Waals surface area (Å²) in [5.74, 6) is -1.07. The van der Waals surface area contributed by atoms with Crippen molar-refractivity contribution in [1.82, 2.24) is 20.0 Å². The Balaban J connectivity index is 2.12. The Kier molecular flexibility index (Phi) is 5.01. The summed E-state index contributed by atoms with van der Waals surface area (Å²) in [7, 11) is 1.69. The zero-order valence-electron chi connectivity index (χ0n) is 13.9. The van der Waals surface area contributed by atoms with Crippen molar-refractivity contribution in [3.8, 4) is 11.3 Å². The highest BCUT2D eigenvalue weighted by atomic mass is 35.5. The van der Waals surface area contributed by atoms with E-state index in [4.69, 9.17) is 23.8 Å². The van der Waals surface area contributed by atoms with E-state index >= 15 is 0 Å². The molecular formula is C18H15ClN4O2S. The number of hydrogen-bond donors (Lipinski definition) is 1. The van der Waals surface area contributed by atoms with Crippen LogP contribution in [0.2, 0.25) is 5.15 Å². The van der Waals surface area contributed by atoms with E-state index in [9.17, 15) is 9.59 Å². The van der Waals surface area contributed by atoms with Crippen LogP contribution in [-0.2, 0) is 16.6 Å². The lowest BCUT2D eigenvalue weighted by molar-refractivity contribution is -0.128. The molecule has 1 aliphatic heterocycles. The first-order valence-corrected chi connectivity index (χ1v) is 8.50. The number of rotatable bonds is 4. The van der Waals surface area contributed by atoms with Gasteiger partial charge in [0.15, 0.2) is 5.11 Å². The van der Waals surface area contributed by atoms with Gasteiger partial charge in [-0.05, 0) is 18.3 Å². The lowest BCUT2D eigenvalue weighted by Gasteiger charge is -2.27. The number of halogens is 1. The molecule has 0 radical (unpaired) electrons. The zero-order chi connectivity index (χ0) is 18.8. The summed E-state index contributed by atoms with van der Waals surface area (Å²) in [6, 6.07) is 9.39. The molecule has 0 spiro atoms. The first kappa shape index (κ1) is 18.0. The van der Waals surface area contributed by atoms with Crippen LogP contribution < -0.4 is 5.32 Å². The fourth-order valence-electron chi connectivity index (χ4n) is 2.59. The van der Waals surface area contributed by atoms with Crippen LogP contribution in [0.5, 0.6) is 0 Å². The van der Waals surface area contributed by atoms with E-state index in [0.717, 1.165) is 5.56 Å². The minimum Gasteiger partial charge on any atom is -0.298 e. The lowest BCUT2D eigenvalue weighted by atomic mass is 10.0. The van der Waals surface area contributed by atoms with E-state index in [0.29, 0.717) is 16.4 Å². The molecule has 1 fully saturated rings. The van der Waals surface area contributed by atoms with Crippen molar-refractivity contribution >= 4 is 46.8 Å². The second-order valence-corrected chi connectivity index (χ2v) is 6.31. The van der Waals surface area contributed by atoms with Crippen LogP contribution in [0.1, 0.15) is 5.56 Å². The molecular weight excluding hydrogens is 372 g/mol. The van der Waals surface area contributed by atoms with Crippen molar-refractivity contribution in [3.63, 3.8) is 0 Å². The number of carbonyl (C=O) groups is 2. The van der Waals surface area contributed by atoms with Crippen LogP contribution in [0.3, 0.4) is 0 Å². The Labute approximate surface area is 160 Å². The monoisotopic (exact) mass is 386 g/mol. The van der Waals surface area contributed by atoms with Gasteiger partial charge in [-0.1, -0.05) is 48.0 Å². The Hall–Kier alpha value is -2.77. The predicted molar refractivity (Wildman–Crippen MR) is 104 cm³/mol. The van der Waals surface area contributed by atoms with Crippen LogP contribution in [0.15, 0.2) is 48.6 Å². The molecule has 1 saturated heterocycles. The third-order valence-corrected chi connectivity index (χ3v) is 4.62. The number of nitrogens with zero attached hydrogens (tertiary/aromatic N) is 3. The molecule has 0 atom stereocenters. The van der Waals surface area contributed by atoms with Crippen LogP contribution >= 0.6 is 23.8 Å². The quantitative estimate of drug-likeness (QED) is 0.379. The van der Waals surface area contributed by atoms with Gasteiger partial charge in [0, 0.05) is 24.7 Å². The Bertz CT molecular complexity index is 950. The van der Waals surface area contributed by atoms with Gasteiger partial charge in [0.2, 0.25) is 0 Å². The second kappa shape index (κ2) is 7.23. The minimum absolute atomic E-state index is 0.0533. The number of thiocarbonyl (C=S) groups is 1. The average Bonchev–Trinajstić information content (AvgIpc) is 2.91. The molecule has 8 heteroatoms. The second-order valence-electron chi connectivity index (χ2n) is 5.56. The highest BCUT2D eigenvalue weighted by molar-refractivity contribution is 7.80. The summed E-state index contributed by atoms with van der Waals surface area (Å²) >= 11 is 11.4. The van der Waals surface area contributed by atoms with Crippen LogP contribution in [0.4, 0.5) is 0 Å². The summed E-state index contributed by atoms with van der Waals surface area (Å²) in [5, 5.41) is 7.29. The van der Waals surface area contributed by atoms with Crippen LogP contribution in [0.25, 0.3) is 17.3 Å². The minimum atomic E-state index is -0.570. The molecule has 1 aliphatic rings. The molecule has 2 heterocycles. The van der Waals surface area contributed by atoms with Crippen molar-refractivity contribution in [2.75, 3.05) is 6.54 Å².